The van der Waals surface area contributed by atoms with Crippen molar-refractivity contribution in [2.75, 3.05) is 18.1 Å². The summed E-state index contributed by atoms with van der Waals surface area (Å²) in [6.45, 7) is 0.761. The zero-order chi connectivity index (χ0) is 24.5. The summed E-state index contributed by atoms with van der Waals surface area (Å²) in [6.07, 6.45) is -9.24. The van der Waals surface area contributed by atoms with Gasteiger partial charge in [-0.05, 0) is 23.8 Å². The third-order valence-corrected chi connectivity index (χ3v) is 5.18. The van der Waals surface area contributed by atoms with E-state index in [-0.39, 0.29) is 41.9 Å². The van der Waals surface area contributed by atoms with Crippen LogP contribution in [0.25, 0.3) is 11.4 Å². The lowest BCUT2D eigenvalue weighted by Gasteiger charge is -2.29. The van der Waals surface area contributed by atoms with Crippen molar-refractivity contribution in [3.8, 4) is 11.4 Å². The number of benzene rings is 2. The van der Waals surface area contributed by atoms with Gasteiger partial charge in [0, 0.05) is 23.6 Å². The fourth-order valence-electron chi connectivity index (χ4n) is 3.33. The molecule has 0 spiro atoms. The van der Waals surface area contributed by atoms with Crippen molar-refractivity contribution in [2.45, 2.75) is 25.3 Å². The molecule has 1 aliphatic heterocycles. The number of carbonyl (C=O) groups excluding carboxylic acids is 1. The summed E-state index contributed by atoms with van der Waals surface area (Å²) >= 11 is 0. The van der Waals surface area contributed by atoms with Crippen LogP contribution >= 0.6 is 0 Å². The first-order chi connectivity index (χ1) is 16.0. The summed E-state index contributed by atoms with van der Waals surface area (Å²) in [5.74, 6) is -2.13. The summed E-state index contributed by atoms with van der Waals surface area (Å²) in [4.78, 5) is 17.5. The largest absolute Gasteiger partial charge is 0.471 e. The van der Waals surface area contributed by atoms with E-state index in [1.165, 1.54) is 41.3 Å². The zero-order valence-electron chi connectivity index (χ0n) is 17.4. The number of halogens is 6. The Balaban J connectivity index is 1.57. The molecule has 1 saturated heterocycles. The molecule has 0 aliphatic carbocycles. The van der Waals surface area contributed by atoms with Gasteiger partial charge in [0.25, 0.3) is 0 Å². The van der Waals surface area contributed by atoms with E-state index in [4.69, 9.17) is 4.74 Å². The Morgan fingerprint density at radius 1 is 1.00 bits per heavy atom. The second kappa shape index (κ2) is 9.09. The van der Waals surface area contributed by atoms with Crippen LogP contribution in [0.4, 0.5) is 32.0 Å². The normalized spacial score (nSPS) is 14.6. The van der Waals surface area contributed by atoms with Crippen LogP contribution in [0.2, 0.25) is 0 Å². The highest BCUT2D eigenvalue weighted by Gasteiger charge is 2.38. The predicted octanol–water partition coefficient (Wildman–Crippen LogP) is 5.34. The van der Waals surface area contributed by atoms with E-state index in [2.05, 4.69) is 14.7 Å². The quantitative estimate of drug-likeness (QED) is 0.441. The standard InChI is InChI=1S/C22H17F6N3O3/c23-21(24,25)16-2-1-3-17(9-16)31(18(32)8-14-11-33-12-14)10-13-4-6-15(7-5-13)19-29-20(34-30-19)22(26,27)28/h1-7,9,14H,8,10-12H2. The molecule has 2 aromatic carbocycles. The maximum absolute atomic E-state index is 13.2. The Bertz CT molecular complexity index is 1150. The van der Waals surface area contributed by atoms with Crippen LogP contribution in [0.3, 0.4) is 0 Å². The van der Waals surface area contributed by atoms with Gasteiger partial charge in [-0.3, -0.25) is 4.79 Å². The number of carbonyl (C=O) groups is 1. The fraction of sp³-hybridized carbons (Fsp3) is 0.318. The van der Waals surface area contributed by atoms with Gasteiger partial charge in [-0.2, -0.15) is 31.3 Å². The van der Waals surface area contributed by atoms with Gasteiger partial charge in [0.2, 0.25) is 11.7 Å². The Morgan fingerprint density at radius 2 is 1.71 bits per heavy atom. The smallest absolute Gasteiger partial charge is 0.381 e. The average Bonchev–Trinajstić information content (AvgIpc) is 3.25. The van der Waals surface area contributed by atoms with Crippen molar-refractivity contribution in [1.29, 1.82) is 0 Å². The minimum atomic E-state index is -4.78. The molecular formula is C22H17F6N3O3. The van der Waals surface area contributed by atoms with Crippen molar-refractivity contribution < 1.29 is 40.4 Å². The summed E-state index contributed by atoms with van der Waals surface area (Å²) in [6, 6.07) is 10.4. The third kappa shape index (κ3) is 5.38. The second-order valence-electron chi connectivity index (χ2n) is 7.75. The van der Waals surface area contributed by atoms with E-state index in [0.29, 0.717) is 18.8 Å². The number of alkyl halides is 6. The van der Waals surface area contributed by atoms with Gasteiger partial charge < -0.3 is 14.2 Å². The summed E-state index contributed by atoms with van der Waals surface area (Å²) < 4.78 is 86.9. The highest BCUT2D eigenvalue weighted by Crippen LogP contribution is 2.33. The predicted molar refractivity (Wildman–Crippen MR) is 106 cm³/mol. The van der Waals surface area contributed by atoms with Gasteiger partial charge in [0.15, 0.2) is 0 Å². The number of anilines is 1. The van der Waals surface area contributed by atoms with Crippen LogP contribution in [0, 0.1) is 5.92 Å². The van der Waals surface area contributed by atoms with Gasteiger partial charge in [0.05, 0.1) is 25.3 Å². The molecule has 0 radical (unpaired) electrons. The monoisotopic (exact) mass is 485 g/mol. The maximum atomic E-state index is 13.2. The van der Waals surface area contributed by atoms with Gasteiger partial charge in [-0.25, -0.2) is 0 Å². The maximum Gasteiger partial charge on any atom is 0.471 e. The summed E-state index contributed by atoms with van der Waals surface area (Å²) in [5.41, 5.74) is -0.0229. The Morgan fingerprint density at radius 3 is 2.26 bits per heavy atom. The van der Waals surface area contributed by atoms with Gasteiger partial charge >= 0.3 is 18.2 Å². The molecule has 4 rings (SSSR count). The lowest BCUT2D eigenvalue weighted by molar-refractivity contribution is -0.159. The first-order valence-corrected chi connectivity index (χ1v) is 10.1. The molecule has 3 aromatic rings. The van der Waals surface area contributed by atoms with Crippen molar-refractivity contribution in [1.82, 2.24) is 10.1 Å². The minimum Gasteiger partial charge on any atom is -0.381 e. The molecule has 12 heteroatoms. The lowest BCUT2D eigenvalue weighted by atomic mass is 10.0. The number of aromatic nitrogens is 2. The Hall–Kier alpha value is -3.41. The number of nitrogens with zero attached hydrogens (tertiary/aromatic N) is 3. The average molecular weight is 485 g/mol. The summed E-state index contributed by atoms with van der Waals surface area (Å²) in [7, 11) is 0. The molecule has 2 heterocycles. The molecule has 1 fully saturated rings. The molecule has 34 heavy (non-hydrogen) atoms. The zero-order valence-corrected chi connectivity index (χ0v) is 17.4. The highest BCUT2D eigenvalue weighted by atomic mass is 19.4. The minimum absolute atomic E-state index is 0.00996. The van der Waals surface area contributed by atoms with E-state index in [0.717, 1.165) is 12.1 Å². The van der Waals surface area contributed by atoms with Crippen LogP contribution in [-0.4, -0.2) is 29.3 Å². The highest BCUT2D eigenvalue weighted by molar-refractivity contribution is 5.93. The molecule has 0 bridgehead atoms. The molecule has 180 valence electrons. The van der Waals surface area contributed by atoms with Gasteiger partial charge in [0.1, 0.15) is 0 Å². The SMILES string of the molecule is O=C(CC1COC1)N(Cc1ccc(-c2noc(C(F)(F)F)n2)cc1)c1cccc(C(F)(F)F)c1. The number of hydrogen-bond donors (Lipinski definition) is 0. The van der Waals surface area contributed by atoms with E-state index in [1.54, 1.807) is 0 Å². The molecule has 0 atom stereocenters. The van der Waals surface area contributed by atoms with Crippen LogP contribution < -0.4 is 4.90 Å². The first-order valence-electron chi connectivity index (χ1n) is 10.1. The number of amides is 1. The lowest BCUT2D eigenvalue weighted by Crippen LogP contribution is -2.37. The van der Waals surface area contributed by atoms with E-state index in [1.807, 2.05) is 0 Å². The summed E-state index contributed by atoms with van der Waals surface area (Å²) in [5, 5.41) is 3.31. The Labute approximate surface area is 189 Å². The first kappa shape index (κ1) is 23.7. The van der Waals surface area contributed by atoms with E-state index >= 15 is 0 Å². The number of rotatable bonds is 6. The third-order valence-electron chi connectivity index (χ3n) is 5.18. The molecular weight excluding hydrogens is 468 g/mol. The number of hydrogen-bond acceptors (Lipinski definition) is 5. The van der Waals surface area contributed by atoms with E-state index < -0.39 is 23.8 Å². The second-order valence-corrected chi connectivity index (χ2v) is 7.75. The molecule has 1 amide bonds. The van der Waals surface area contributed by atoms with Crippen LogP contribution in [0.1, 0.15) is 23.4 Å². The fourth-order valence-corrected chi connectivity index (χ4v) is 3.33. The van der Waals surface area contributed by atoms with Crippen molar-refractivity contribution in [3.05, 3.63) is 65.5 Å². The van der Waals surface area contributed by atoms with Gasteiger partial charge in [-0.1, -0.05) is 35.5 Å². The van der Waals surface area contributed by atoms with Crippen molar-refractivity contribution in [2.24, 2.45) is 5.92 Å². The number of ether oxygens (including phenoxy) is 1. The van der Waals surface area contributed by atoms with E-state index in [9.17, 15) is 31.1 Å². The van der Waals surface area contributed by atoms with Crippen LogP contribution in [0.5, 0.6) is 0 Å². The molecule has 1 aliphatic rings. The van der Waals surface area contributed by atoms with Crippen LogP contribution in [-0.2, 0) is 28.4 Å². The Kier molecular flexibility index (Phi) is 6.34. The van der Waals surface area contributed by atoms with Crippen molar-refractivity contribution >= 4 is 11.6 Å². The molecule has 0 unspecified atom stereocenters. The van der Waals surface area contributed by atoms with Crippen LogP contribution in [0.15, 0.2) is 53.1 Å². The molecule has 1 aromatic heterocycles. The van der Waals surface area contributed by atoms with Gasteiger partial charge in [-0.15, -0.1) is 0 Å². The molecule has 6 nitrogen and oxygen atoms in total. The van der Waals surface area contributed by atoms with Crippen molar-refractivity contribution in [3.63, 3.8) is 0 Å². The topological polar surface area (TPSA) is 68.5 Å². The molecule has 0 N–H and O–H groups in total. The molecule has 0 saturated carbocycles.